The Labute approximate surface area is 150 Å². The third-order valence-corrected chi connectivity index (χ3v) is 5.03. The zero-order chi connectivity index (χ0) is 18.4. The van der Waals surface area contributed by atoms with Gasteiger partial charge in [-0.3, -0.25) is 0 Å². The van der Waals surface area contributed by atoms with Gasteiger partial charge < -0.3 is 5.11 Å². The SMILES string of the molecule is CCCCCC(CC)[N+]1(N2CC=C(C)C=C2O)C=CC=C(C#N)C1=O. The smallest absolute Gasteiger partial charge is 0.385 e. The molecule has 2 aliphatic heterocycles. The summed E-state index contributed by atoms with van der Waals surface area (Å²) in [6.07, 6.45) is 13.7. The maximum atomic E-state index is 13.3. The van der Waals surface area contributed by atoms with Crippen molar-refractivity contribution in [1.82, 2.24) is 5.01 Å². The third-order valence-electron chi connectivity index (χ3n) is 5.03. The molecule has 25 heavy (non-hydrogen) atoms. The van der Waals surface area contributed by atoms with E-state index in [1.54, 1.807) is 23.2 Å². The van der Waals surface area contributed by atoms with Crippen LogP contribution in [0.25, 0.3) is 0 Å². The van der Waals surface area contributed by atoms with E-state index in [1.807, 2.05) is 25.3 Å². The lowest BCUT2D eigenvalue weighted by Gasteiger charge is -2.46. The molecule has 5 heteroatoms. The Balaban J connectivity index is 2.48. The van der Waals surface area contributed by atoms with Gasteiger partial charge in [0.1, 0.15) is 18.3 Å². The van der Waals surface area contributed by atoms with E-state index in [1.165, 1.54) is 0 Å². The van der Waals surface area contributed by atoms with Crippen LogP contribution in [-0.2, 0) is 4.79 Å². The number of hydrogen-bond donors (Lipinski definition) is 1. The first-order chi connectivity index (χ1) is 12.0. The molecule has 5 nitrogen and oxygen atoms in total. The minimum absolute atomic E-state index is 0.0188. The quantitative estimate of drug-likeness (QED) is 0.555. The van der Waals surface area contributed by atoms with Crippen molar-refractivity contribution in [3.05, 3.63) is 47.5 Å². The summed E-state index contributed by atoms with van der Waals surface area (Å²) >= 11 is 0. The maximum Gasteiger partial charge on any atom is 0.385 e. The van der Waals surface area contributed by atoms with E-state index in [0.29, 0.717) is 6.54 Å². The van der Waals surface area contributed by atoms with Gasteiger partial charge in [-0.15, -0.1) is 4.59 Å². The second kappa shape index (κ2) is 8.17. The van der Waals surface area contributed by atoms with Gasteiger partial charge in [0.25, 0.3) is 0 Å². The Morgan fingerprint density at radius 2 is 2.16 bits per heavy atom. The van der Waals surface area contributed by atoms with Crippen LogP contribution >= 0.6 is 0 Å². The fraction of sp³-hybridized carbons (Fsp3) is 0.500. The highest BCUT2D eigenvalue weighted by Crippen LogP contribution is 2.34. The Bertz CT molecular complexity index is 682. The lowest BCUT2D eigenvalue weighted by Crippen LogP contribution is -2.66. The molecule has 0 bridgehead atoms. The molecular weight excluding hydrogens is 314 g/mol. The minimum atomic E-state index is -0.263. The number of aliphatic hydroxyl groups excluding tert-OH is 1. The van der Waals surface area contributed by atoms with Gasteiger partial charge in [0.2, 0.25) is 5.88 Å². The van der Waals surface area contributed by atoms with Gasteiger partial charge in [0.15, 0.2) is 5.57 Å². The zero-order valence-corrected chi connectivity index (χ0v) is 15.4. The molecule has 134 valence electrons. The van der Waals surface area contributed by atoms with Gasteiger partial charge in [-0.2, -0.15) is 10.3 Å². The normalized spacial score (nSPS) is 24.3. The third kappa shape index (κ3) is 3.54. The molecular formula is C20H28N3O2+. The van der Waals surface area contributed by atoms with Crippen LogP contribution in [0.1, 0.15) is 52.9 Å². The van der Waals surface area contributed by atoms with Crippen LogP contribution in [0, 0.1) is 11.3 Å². The summed E-state index contributed by atoms with van der Waals surface area (Å²) in [7, 11) is 0. The average molecular weight is 342 g/mol. The van der Waals surface area contributed by atoms with E-state index in [0.717, 1.165) is 37.7 Å². The summed E-state index contributed by atoms with van der Waals surface area (Å²) in [5.41, 5.74) is 1.10. The molecule has 1 N–H and O–H groups in total. The summed E-state index contributed by atoms with van der Waals surface area (Å²) in [5, 5.41) is 21.7. The van der Waals surface area contributed by atoms with E-state index in [2.05, 4.69) is 13.8 Å². The number of nitriles is 1. The fourth-order valence-electron chi connectivity index (χ4n) is 3.64. The second-order valence-corrected chi connectivity index (χ2v) is 6.67. The topological polar surface area (TPSA) is 64.3 Å². The molecule has 0 aliphatic carbocycles. The van der Waals surface area contributed by atoms with Crippen molar-refractivity contribution in [2.24, 2.45) is 0 Å². The van der Waals surface area contributed by atoms with Crippen LogP contribution in [0.15, 0.2) is 47.5 Å². The molecule has 1 amide bonds. The number of aliphatic hydroxyl groups is 1. The van der Waals surface area contributed by atoms with E-state index < -0.39 is 0 Å². The standard InChI is InChI=1S/C20H27N3O2/c1-4-6-7-10-18(5-2)23(13-8-9-17(15-21)20(23)25)22-12-11-16(3)14-19(22)24/h8-9,11,13-14,18H,4-7,10,12H2,1-3H3/p+1. The number of unbranched alkanes of at least 4 members (excludes halogenated alkanes) is 2. The Kier molecular flexibility index (Phi) is 6.22. The molecule has 2 atom stereocenters. The summed E-state index contributed by atoms with van der Waals surface area (Å²) in [6, 6.07) is 2.00. The van der Waals surface area contributed by atoms with Crippen LogP contribution in [-0.4, -0.2) is 33.2 Å². The largest absolute Gasteiger partial charge is 0.492 e. The lowest BCUT2D eigenvalue weighted by atomic mass is 10.0. The van der Waals surface area contributed by atoms with Crippen LogP contribution in [0.2, 0.25) is 0 Å². The first-order valence-corrected chi connectivity index (χ1v) is 9.09. The maximum absolute atomic E-state index is 13.3. The number of nitrogens with zero attached hydrogens (tertiary/aromatic N) is 3. The van der Waals surface area contributed by atoms with E-state index in [-0.39, 0.29) is 28.0 Å². The molecule has 2 heterocycles. The Morgan fingerprint density at radius 1 is 1.40 bits per heavy atom. The Morgan fingerprint density at radius 3 is 2.76 bits per heavy atom. The van der Waals surface area contributed by atoms with Crippen molar-refractivity contribution >= 4 is 5.91 Å². The van der Waals surface area contributed by atoms with Crippen molar-refractivity contribution < 1.29 is 14.5 Å². The zero-order valence-electron chi connectivity index (χ0n) is 15.4. The molecule has 0 aromatic rings. The molecule has 0 saturated heterocycles. The van der Waals surface area contributed by atoms with Gasteiger partial charge >= 0.3 is 5.91 Å². The van der Waals surface area contributed by atoms with Crippen LogP contribution in [0.4, 0.5) is 0 Å². The van der Waals surface area contributed by atoms with Crippen molar-refractivity contribution in [2.45, 2.75) is 58.9 Å². The van der Waals surface area contributed by atoms with Gasteiger partial charge in [-0.1, -0.05) is 32.8 Å². The molecule has 0 spiro atoms. The molecule has 0 aromatic carbocycles. The van der Waals surface area contributed by atoms with Crippen molar-refractivity contribution in [3.63, 3.8) is 0 Å². The molecule has 0 aromatic heterocycles. The first kappa shape index (κ1) is 19.0. The van der Waals surface area contributed by atoms with E-state index >= 15 is 0 Å². The number of quaternary nitrogens is 1. The molecule has 0 radical (unpaired) electrons. The lowest BCUT2D eigenvalue weighted by molar-refractivity contribution is -0.941. The van der Waals surface area contributed by atoms with E-state index in [4.69, 9.17) is 0 Å². The first-order valence-electron chi connectivity index (χ1n) is 9.09. The molecule has 0 fully saturated rings. The van der Waals surface area contributed by atoms with Crippen molar-refractivity contribution in [3.8, 4) is 6.07 Å². The highest BCUT2D eigenvalue weighted by molar-refractivity contribution is 5.93. The number of rotatable bonds is 7. The van der Waals surface area contributed by atoms with Crippen molar-refractivity contribution in [1.29, 1.82) is 5.26 Å². The number of hydrogen-bond acceptors (Lipinski definition) is 4. The molecule has 2 rings (SSSR count). The predicted molar refractivity (Wildman–Crippen MR) is 97.5 cm³/mol. The van der Waals surface area contributed by atoms with Crippen molar-refractivity contribution in [2.75, 3.05) is 6.54 Å². The van der Waals surface area contributed by atoms with E-state index in [9.17, 15) is 15.2 Å². The molecule has 2 unspecified atom stereocenters. The highest BCUT2D eigenvalue weighted by atomic mass is 16.3. The molecule has 2 aliphatic rings. The summed E-state index contributed by atoms with van der Waals surface area (Å²) in [6.45, 7) is 6.58. The molecule has 0 saturated carbocycles. The minimum Gasteiger partial charge on any atom is -0.492 e. The van der Waals surface area contributed by atoms with Gasteiger partial charge in [-0.05, 0) is 37.5 Å². The number of amides is 1. The summed E-state index contributed by atoms with van der Waals surface area (Å²) in [5.74, 6) is -0.188. The predicted octanol–water partition coefficient (Wildman–Crippen LogP) is 4.24. The fourth-order valence-corrected chi connectivity index (χ4v) is 3.64. The van der Waals surface area contributed by atoms with Gasteiger partial charge in [0.05, 0.1) is 6.54 Å². The summed E-state index contributed by atoms with van der Waals surface area (Å²) in [4.78, 5) is 13.3. The number of carbonyl (C=O) groups is 1. The Hall–Kier alpha value is -2.32. The average Bonchev–Trinajstić information content (AvgIpc) is 2.60. The van der Waals surface area contributed by atoms with Gasteiger partial charge in [-0.25, -0.2) is 4.79 Å². The summed E-state index contributed by atoms with van der Waals surface area (Å²) < 4.78 is -0.133. The monoisotopic (exact) mass is 342 g/mol. The van der Waals surface area contributed by atoms with Crippen LogP contribution in [0.5, 0.6) is 0 Å². The second-order valence-electron chi connectivity index (χ2n) is 6.67. The number of carbonyl (C=O) groups excluding carboxylic acids is 1. The van der Waals surface area contributed by atoms with Gasteiger partial charge in [0, 0.05) is 12.5 Å². The van der Waals surface area contributed by atoms with Crippen LogP contribution in [0.3, 0.4) is 0 Å². The highest BCUT2D eigenvalue weighted by Gasteiger charge is 2.51. The van der Waals surface area contributed by atoms with Crippen LogP contribution < -0.4 is 0 Å². The number of allylic oxidation sites excluding steroid dienone is 4.